The summed E-state index contributed by atoms with van der Waals surface area (Å²) in [5.74, 6) is 0.832. The van der Waals surface area contributed by atoms with Crippen LogP contribution in [-0.4, -0.2) is 63.9 Å². The molecule has 8 heteroatoms. The summed E-state index contributed by atoms with van der Waals surface area (Å²) in [5, 5.41) is 13.0. The van der Waals surface area contributed by atoms with E-state index in [-0.39, 0.29) is 6.61 Å². The maximum absolute atomic E-state index is 9.46. The standard InChI is InChI=1S/C21H26BrN5O2/c22-20-4-1-3-17(24-20)14-27-19-6-5-16(15-28)13-18(19)25-21(27)23-7-2-8-26-9-11-29-12-10-26/h1,3-6,13,28H,2,7-12,14-15H2,(H,23,25). The van der Waals surface area contributed by atoms with Crippen molar-refractivity contribution in [2.24, 2.45) is 0 Å². The van der Waals surface area contributed by atoms with Crippen LogP contribution in [0.15, 0.2) is 41.0 Å². The minimum atomic E-state index is 0.0122. The zero-order chi connectivity index (χ0) is 20.1. The van der Waals surface area contributed by atoms with Gasteiger partial charge in [-0.15, -0.1) is 0 Å². The van der Waals surface area contributed by atoms with Gasteiger partial charge in [0.15, 0.2) is 0 Å². The molecule has 0 amide bonds. The first-order valence-corrected chi connectivity index (χ1v) is 10.8. The summed E-state index contributed by atoms with van der Waals surface area (Å²) in [6, 6.07) is 11.8. The number of anilines is 1. The van der Waals surface area contributed by atoms with E-state index >= 15 is 0 Å². The molecule has 0 spiro atoms. The first kappa shape index (κ1) is 20.3. The van der Waals surface area contributed by atoms with Crippen molar-refractivity contribution < 1.29 is 9.84 Å². The molecule has 29 heavy (non-hydrogen) atoms. The van der Waals surface area contributed by atoms with Gasteiger partial charge in [-0.05, 0) is 58.7 Å². The number of aromatic nitrogens is 3. The summed E-state index contributed by atoms with van der Waals surface area (Å²) in [6.45, 7) is 6.22. The molecular weight excluding hydrogens is 434 g/mol. The van der Waals surface area contributed by atoms with Gasteiger partial charge in [0.2, 0.25) is 5.95 Å². The number of benzene rings is 1. The number of hydrogen-bond acceptors (Lipinski definition) is 6. The van der Waals surface area contributed by atoms with Crippen LogP contribution < -0.4 is 5.32 Å². The Balaban J connectivity index is 1.51. The molecule has 7 nitrogen and oxygen atoms in total. The lowest BCUT2D eigenvalue weighted by atomic mass is 10.2. The fourth-order valence-electron chi connectivity index (χ4n) is 3.60. The topological polar surface area (TPSA) is 75.4 Å². The number of aliphatic hydroxyl groups is 1. The van der Waals surface area contributed by atoms with E-state index in [1.165, 1.54) is 0 Å². The number of hydrogen-bond donors (Lipinski definition) is 2. The summed E-state index contributed by atoms with van der Waals surface area (Å²) < 4.78 is 8.38. The molecule has 2 N–H and O–H groups in total. The van der Waals surface area contributed by atoms with Crippen LogP contribution >= 0.6 is 15.9 Å². The van der Waals surface area contributed by atoms with Gasteiger partial charge in [0.05, 0.1) is 43.1 Å². The third-order valence-corrected chi connectivity index (χ3v) is 5.57. The lowest BCUT2D eigenvalue weighted by Gasteiger charge is -2.26. The molecule has 0 atom stereocenters. The number of ether oxygens (including phenoxy) is 1. The molecule has 1 aliphatic heterocycles. The predicted molar refractivity (Wildman–Crippen MR) is 117 cm³/mol. The number of rotatable bonds is 8. The van der Waals surface area contributed by atoms with Gasteiger partial charge in [-0.1, -0.05) is 12.1 Å². The van der Waals surface area contributed by atoms with Gasteiger partial charge in [-0.2, -0.15) is 0 Å². The largest absolute Gasteiger partial charge is 0.392 e. The third-order valence-electron chi connectivity index (χ3n) is 5.13. The number of nitrogens with zero attached hydrogens (tertiary/aromatic N) is 4. The zero-order valence-electron chi connectivity index (χ0n) is 16.4. The number of aliphatic hydroxyl groups excluding tert-OH is 1. The highest BCUT2D eigenvalue weighted by Crippen LogP contribution is 2.23. The number of morpholine rings is 1. The van der Waals surface area contributed by atoms with Gasteiger partial charge < -0.3 is 19.7 Å². The van der Waals surface area contributed by atoms with Crippen LogP contribution in [0.3, 0.4) is 0 Å². The molecule has 1 aliphatic rings. The van der Waals surface area contributed by atoms with Crippen molar-refractivity contribution in [1.82, 2.24) is 19.4 Å². The summed E-state index contributed by atoms with van der Waals surface area (Å²) >= 11 is 3.45. The number of fused-ring (bicyclic) bond motifs is 1. The van der Waals surface area contributed by atoms with Crippen molar-refractivity contribution in [3.63, 3.8) is 0 Å². The fraction of sp³-hybridized carbons (Fsp3) is 0.429. The molecule has 154 valence electrons. The van der Waals surface area contributed by atoms with Crippen molar-refractivity contribution in [2.45, 2.75) is 19.6 Å². The van der Waals surface area contributed by atoms with E-state index in [4.69, 9.17) is 9.72 Å². The van der Waals surface area contributed by atoms with Crippen molar-refractivity contribution in [3.05, 3.63) is 52.3 Å². The third kappa shape index (κ3) is 5.14. The second-order valence-electron chi connectivity index (χ2n) is 7.19. The number of halogens is 1. The molecule has 1 fully saturated rings. The van der Waals surface area contributed by atoms with Gasteiger partial charge >= 0.3 is 0 Å². The molecule has 0 saturated carbocycles. The van der Waals surface area contributed by atoms with Crippen LogP contribution in [0.1, 0.15) is 17.7 Å². The van der Waals surface area contributed by atoms with E-state index in [1.807, 2.05) is 36.4 Å². The monoisotopic (exact) mass is 459 g/mol. The van der Waals surface area contributed by atoms with Crippen LogP contribution in [0.25, 0.3) is 11.0 Å². The predicted octanol–water partition coefficient (Wildman–Crippen LogP) is 2.87. The maximum Gasteiger partial charge on any atom is 0.204 e. The molecule has 3 aromatic rings. The molecule has 4 rings (SSSR count). The zero-order valence-corrected chi connectivity index (χ0v) is 17.9. The maximum atomic E-state index is 9.46. The lowest BCUT2D eigenvalue weighted by molar-refractivity contribution is 0.0378. The van der Waals surface area contributed by atoms with E-state index in [0.717, 1.165) is 78.7 Å². The molecule has 0 radical (unpaired) electrons. The van der Waals surface area contributed by atoms with Crippen LogP contribution in [-0.2, 0) is 17.9 Å². The quantitative estimate of drug-likeness (QED) is 0.398. The fourth-order valence-corrected chi connectivity index (χ4v) is 3.98. The molecule has 3 heterocycles. The minimum Gasteiger partial charge on any atom is -0.392 e. The Bertz CT molecular complexity index is 955. The van der Waals surface area contributed by atoms with E-state index in [9.17, 15) is 5.11 Å². The SMILES string of the molecule is OCc1ccc2c(c1)nc(NCCCN1CCOCC1)n2Cc1cccc(Br)n1. The Morgan fingerprint density at radius 2 is 2.00 bits per heavy atom. The molecule has 0 bridgehead atoms. The van der Waals surface area contributed by atoms with Gasteiger partial charge in [0, 0.05) is 19.6 Å². The van der Waals surface area contributed by atoms with Crippen molar-refractivity contribution in [1.29, 1.82) is 0 Å². The van der Waals surface area contributed by atoms with E-state index in [1.54, 1.807) is 0 Å². The van der Waals surface area contributed by atoms with Crippen molar-refractivity contribution in [2.75, 3.05) is 44.7 Å². The van der Waals surface area contributed by atoms with Gasteiger partial charge in [-0.25, -0.2) is 9.97 Å². The van der Waals surface area contributed by atoms with Gasteiger partial charge in [0.25, 0.3) is 0 Å². The average Bonchev–Trinajstić information content (AvgIpc) is 3.08. The van der Waals surface area contributed by atoms with E-state index in [0.29, 0.717) is 6.54 Å². The normalized spacial score (nSPS) is 15.1. The summed E-state index contributed by atoms with van der Waals surface area (Å²) in [4.78, 5) is 11.8. The van der Waals surface area contributed by atoms with Gasteiger partial charge in [-0.3, -0.25) is 4.90 Å². The molecule has 1 aromatic carbocycles. The van der Waals surface area contributed by atoms with Crippen molar-refractivity contribution >= 4 is 32.9 Å². The second kappa shape index (κ2) is 9.67. The molecule has 0 aliphatic carbocycles. The van der Waals surface area contributed by atoms with Crippen LogP contribution in [0.2, 0.25) is 0 Å². The van der Waals surface area contributed by atoms with E-state index < -0.39 is 0 Å². The number of imidazole rings is 1. The van der Waals surface area contributed by atoms with Crippen LogP contribution in [0.5, 0.6) is 0 Å². The van der Waals surface area contributed by atoms with Gasteiger partial charge in [0.1, 0.15) is 4.60 Å². The Morgan fingerprint density at radius 3 is 2.79 bits per heavy atom. The highest BCUT2D eigenvalue weighted by Gasteiger charge is 2.13. The van der Waals surface area contributed by atoms with E-state index in [2.05, 4.69) is 35.7 Å². The Labute approximate surface area is 178 Å². The molecule has 0 unspecified atom stereocenters. The molecule has 2 aromatic heterocycles. The molecular formula is C21H26BrN5O2. The van der Waals surface area contributed by atoms with Crippen molar-refractivity contribution in [3.8, 4) is 0 Å². The lowest BCUT2D eigenvalue weighted by Crippen LogP contribution is -2.37. The highest BCUT2D eigenvalue weighted by molar-refractivity contribution is 9.10. The number of nitrogens with one attached hydrogen (secondary N) is 1. The first-order chi connectivity index (χ1) is 14.2. The number of pyridine rings is 1. The Kier molecular flexibility index (Phi) is 6.76. The summed E-state index contributed by atoms with van der Waals surface area (Å²) in [7, 11) is 0. The van der Waals surface area contributed by atoms with Crippen LogP contribution in [0, 0.1) is 0 Å². The Hall–Kier alpha value is -2.00. The average molecular weight is 460 g/mol. The summed E-state index contributed by atoms with van der Waals surface area (Å²) in [6.07, 6.45) is 1.04. The first-order valence-electron chi connectivity index (χ1n) is 9.98. The highest BCUT2D eigenvalue weighted by atomic mass is 79.9. The van der Waals surface area contributed by atoms with Crippen LogP contribution in [0.4, 0.5) is 5.95 Å². The molecule has 1 saturated heterocycles. The smallest absolute Gasteiger partial charge is 0.204 e. The Morgan fingerprint density at radius 1 is 1.14 bits per heavy atom. The minimum absolute atomic E-state index is 0.0122. The second-order valence-corrected chi connectivity index (χ2v) is 8.00. The summed E-state index contributed by atoms with van der Waals surface area (Å²) in [5.41, 5.74) is 3.73.